The average Bonchev–Trinajstić information content (AvgIpc) is 2.86. The summed E-state index contributed by atoms with van der Waals surface area (Å²) in [6, 6.07) is 0. The van der Waals surface area contributed by atoms with Gasteiger partial charge in [0.25, 0.3) is 0 Å². The molecule has 1 saturated carbocycles. The van der Waals surface area contributed by atoms with E-state index < -0.39 is 11.0 Å². The molecule has 104 valence electrons. The summed E-state index contributed by atoms with van der Waals surface area (Å²) in [5.41, 5.74) is -0.542. The second-order valence-electron chi connectivity index (χ2n) is 5.97. The van der Waals surface area contributed by atoms with Gasteiger partial charge in [0.2, 0.25) is 0 Å². The molecular weight excluding hydrogens is 276 g/mol. The van der Waals surface area contributed by atoms with Crippen molar-refractivity contribution in [2.24, 2.45) is 5.41 Å². The second kappa shape index (κ2) is 4.40. The Labute approximate surface area is 123 Å². The molecule has 2 fully saturated rings. The smallest absolute Gasteiger partial charge is 0.178 e. The van der Waals surface area contributed by atoms with Gasteiger partial charge in [0.05, 0.1) is 9.49 Å². The van der Waals surface area contributed by atoms with E-state index in [0.717, 1.165) is 19.3 Å². The molecule has 0 aromatic carbocycles. The van der Waals surface area contributed by atoms with Crippen LogP contribution in [-0.4, -0.2) is 32.1 Å². The lowest BCUT2D eigenvalue weighted by Crippen LogP contribution is -2.52. The summed E-state index contributed by atoms with van der Waals surface area (Å²) in [4.78, 5) is 12.7. The summed E-state index contributed by atoms with van der Waals surface area (Å²) in [6.45, 7) is 5.65. The first-order chi connectivity index (χ1) is 8.94. The highest BCUT2D eigenvalue weighted by Gasteiger charge is 2.54. The molecule has 19 heavy (non-hydrogen) atoms. The lowest BCUT2D eigenvalue weighted by atomic mass is 9.60. The number of rotatable bonds is 1. The van der Waals surface area contributed by atoms with Crippen LogP contribution >= 0.6 is 23.5 Å². The standard InChI is InChI=1S/C15H20O2S2/c1-3-14(17)5-4-11-10-15(18-8-9-19-15)7-6-13(11,2)12(14)16/h3,10,17H,1,4-9H2,2H3. The van der Waals surface area contributed by atoms with Gasteiger partial charge < -0.3 is 5.11 Å². The van der Waals surface area contributed by atoms with Crippen molar-refractivity contribution in [1.29, 1.82) is 0 Å². The Hall–Kier alpha value is -0.190. The number of fused-ring (bicyclic) bond motifs is 1. The molecule has 1 saturated heterocycles. The highest BCUT2D eigenvalue weighted by atomic mass is 32.2. The SMILES string of the molecule is C=CC1(O)CCC2=CC3(CCC2(C)C1=O)SCCS3. The fourth-order valence-electron chi connectivity index (χ4n) is 3.50. The predicted octanol–water partition coefficient (Wildman–Crippen LogP) is 3.17. The first-order valence-electron chi connectivity index (χ1n) is 6.85. The minimum Gasteiger partial charge on any atom is -0.378 e. The van der Waals surface area contributed by atoms with Crippen LogP contribution in [0.1, 0.15) is 32.6 Å². The summed E-state index contributed by atoms with van der Waals surface area (Å²) in [6.07, 6.45) is 6.96. The largest absolute Gasteiger partial charge is 0.378 e. The van der Waals surface area contributed by atoms with Gasteiger partial charge in [0.15, 0.2) is 5.78 Å². The third-order valence-corrected chi connectivity index (χ3v) is 8.26. The monoisotopic (exact) mass is 296 g/mol. The first kappa shape index (κ1) is 13.8. The maximum Gasteiger partial charge on any atom is 0.178 e. The number of carbonyl (C=O) groups is 1. The van der Waals surface area contributed by atoms with Gasteiger partial charge in [-0.3, -0.25) is 4.79 Å². The molecular formula is C15H20O2S2. The van der Waals surface area contributed by atoms with Crippen molar-refractivity contribution < 1.29 is 9.90 Å². The van der Waals surface area contributed by atoms with Gasteiger partial charge in [-0.15, -0.1) is 23.5 Å². The van der Waals surface area contributed by atoms with Crippen LogP contribution in [0.25, 0.3) is 0 Å². The Morgan fingerprint density at radius 1 is 1.32 bits per heavy atom. The molecule has 0 bridgehead atoms. The second-order valence-corrected chi connectivity index (χ2v) is 9.08. The topological polar surface area (TPSA) is 37.3 Å². The van der Waals surface area contributed by atoms with Gasteiger partial charge in [-0.05, 0) is 32.6 Å². The maximum absolute atomic E-state index is 12.7. The highest BCUT2D eigenvalue weighted by molar-refractivity contribution is 8.21. The minimum atomic E-state index is -1.31. The maximum atomic E-state index is 12.7. The number of hydrogen-bond acceptors (Lipinski definition) is 4. The summed E-state index contributed by atoms with van der Waals surface area (Å²) in [5, 5.41) is 10.4. The van der Waals surface area contributed by atoms with Crippen LogP contribution in [0.4, 0.5) is 0 Å². The zero-order valence-electron chi connectivity index (χ0n) is 11.3. The van der Waals surface area contributed by atoms with Crippen molar-refractivity contribution >= 4 is 29.3 Å². The first-order valence-corrected chi connectivity index (χ1v) is 8.82. The highest BCUT2D eigenvalue weighted by Crippen LogP contribution is 2.58. The molecule has 1 aliphatic heterocycles. The van der Waals surface area contributed by atoms with Gasteiger partial charge in [-0.2, -0.15) is 0 Å². The molecule has 0 aromatic rings. The number of carbonyl (C=O) groups excluding carboxylic acids is 1. The predicted molar refractivity (Wildman–Crippen MR) is 82.5 cm³/mol. The van der Waals surface area contributed by atoms with Crippen LogP contribution in [0.5, 0.6) is 0 Å². The van der Waals surface area contributed by atoms with Crippen molar-refractivity contribution in [3.63, 3.8) is 0 Å². The van der Waals surface area contributed by atoms with E-state index in [9.17, 15) is 9.90 Å². The van der Waals surface area contributed by atoms with Gasteiger partial charge in [0.1, 0.15) is 5.60 Å². The van der Waals surface area contributed by atoms with E-state index in [4.69, 9.17) is 0 Å². The van der Waals surface area contributed by atoms with Crippen LogP contribution in [0.3, 0.4) is 0 Å². The normalized spacial score (nSPS) is 40.9. The number of thioether (sulfide) groups is 2. The fraction of sp³-hybridized carbons (Fsp3) is 0.667. The molecule has 0 amide bonds. The van der Waals surface area contributed by atoms with Gasteiger partial charge in [-0.1, -0.05) is 24.3 Å². The summed E-state index contributed by atoms with van der Waals surface area (Å²) < 4.78 is 0.207. The minimum absolute atomic E-state index is 0.0460. The van der Waals surface area contributed by atoms with Crippen LogP contribution in [0.2, 0.25) is 0 Å². The van der Waals surface area contributed by atoms with Crippen LogP contribution < -0.4 is 0 Å². The van der Waals surface area contributed by atoms with Crippen LogP contribution in [-0.2, 0) is 4.79 Å². The Kier molecular flexibility index (Phi) is 3.19. The molecule has 1 heterocycles. The van der Waals surface area contributed by atoms with E-state index in [-0.39, 0.29) is 9.86 Å². The number of Topliss-reactive ketones (excluding diaryl/α,β-unsaturated/α-hetero) is 1. The van der Waals surface area contributed by atoms with Gasteiger partial charge >= 0.3 is 0 Å². The van der Waals surface area contributed by atoms with Crippen molar-refractivity contribution in [3.8, 4) is 0 Å². The molecule has 2 atom stereocenters. The molecule has 3 rings (SSSR count). The quantitative estimate of drug-likeness (QED) is 0.754. The molecule has 1 spiro atoms. The van der Waals surface area contributed by atoms with Gasteiger partial charge in [-0.25, -0.2) is 0 Å². The van der Waals surface area contributed by atoms with Crippen molar-refractivity contribution in [2.75, 3.05) is 11.5 Å². The molecule has 0 aromatic heterocycles. The zero-order chi connectivity index (χ0) is 13.7. The molecule has 3 aliphatic rings. The Morgan fingerprint density at radius 3 is 2.63 bits per heavy atom. The van der Waals surface area contributed by atoms with E-state index in [1.807, 2.05) is 30.4 Å². The average molecular weight is 296 g/mol. The number of allylic oxidation sites excluding steroid dienone is 1. The van der Waals surface area contributed by atoms with Crippen LogP contribution in [0, 0.1) is 5.41 Å². The third kappa shape index (κ3) is 1.95. The molecule has 2 aliphatic carbocycles. The van der Waals surface area contributed by atoms with E-state index in [1.165, 1.54) is 23.2 Å². The van der Waals surface area contributed by atoms with Crippen LogP contribution in [0.15, 0.2) is 24.3 Å². The van der Waals surface area contributed by atoms with Crippen molar-refractivity contribution in [3.05, 3.63) is 24.3 Å². The Bertz CT molecular complexity index is 465. The zero-order valence-corrected chi connectivity index (χ0v) is 12.9. The molecule has 2 nitrogen and oxygen atoms in total. The fourth-order valence-corrected chi connectivity index (χ4v) is 6.63. The third-order valence-electron chi connectivity index (χ3n) is 4.86. The van der Waals surface area contributed by atoms with Crippen molar-refractivity contribution in [1.82, 2.24) is 0 Å². The Balaban J connectivity index is 1.98. The molecule has 1 N–H and O–H groups in total. The molecule has 4 heteroatoms. The van der Waals surface area contributed by atoms with E-state index in [1.54, 1.807) is 0 Å². The number of aliphatic hydroxyl groups is 1. The number of hydrogen-bond donors (Lipinski definition) is 1. The lowest BCUT2D eigenvalue weighted by Gasteiger charge is -2.47. The summed E-state index contributed by atoms with van der Waals surface area (Å²) >= 11 is 4.04. The summed E-state index contributed by atoms with van der Waals surface area (Å²) in [7, 11) is 0. The van der Waals surface area contributed by atoms with E-state index in [0.29, 0.717) is 6.42 Å². The lowest BCUT2D eigenvalue weighted by molar-refractivity contribution is -0.144. The van der Waals surface area contributed by atoms with Gasteiger partial charge in [0, 0.05) is 11.5 Å². The van der Waals surface area contributed by atoms with E-state index in [2.05, 4.69) is 12.7 Å². The van der Waals surface area contributed by atoms with E-state index >= 15 is 0 Å². The molecule has 0 radical (unpaired) electrons. The number of ketones is 1. The Morgan fingerprint density at radius 2 is 2.00 bits per heavy atom. The molecule has 2 unspecified atom stereocenters. The summed E-state index contributed by atoms with van der Waals surface area (Å²) in [5.74, 6) is 2.36. The van der Waals surface area contributed by atoms with Crippen molar-refractivity contribution in [2.45, 2.75) is 42.3 Å².